The highest BCUT2D eigenvalue weighted by Gasteiger charge is 2.30. The molecule has 2 heterocycles. The van der Waals surface area contributed by atoms with Gasteiger partial charge in [0.05, 0.1) is 6.61 Å². The molecule has 1 unspecified atom stereocenters. The molecule has 6 nitrogen and oxygen atoms in total. The van der Waals surface area contributed by atoms with E-state index in [2.05, 4.69) is 5.32 Å². The maximum atomic E-state index is 12.9. The number of thiophene rings is 1. The summed E-state index contributed by atoms with van der Waals surface area (Å²) in [6.45, 7) is 6.14. The standard InChI is InChI=1S/C24H23NO5S/c1-4-28-24(27)21-17(16-10-9-14(2)15(3)11-16)13-31-23(21)25-22(26)20-12-29-18-7-5-6-8-19(18)30-20/h5-11,13,20H,4,12H2,1-3H3,(H,25,26). The Hall–Kier alpha value is -3.32. The Morgan fingerprint density at radius 1 is 1.13 bits per heavy atom. The maximum absolute atomic E-state index is 12.9. The fraction of sp³-hybridized carbons (Fsp3) is 0.250. The van der Waals surface area contributed by atoms with Gasteiger partial charge in [0.2, 0.25) is 6.10 Å². The topological polar surface area (TPSA) is 73.9 Å². The Morgan fingerprint density at radius 3 is 2.65 bits per heavy atom. The normalized spacial score (nSPS) is 14.7. The molecule has 1 atom stereocenters. The minimum Gasteiger partial charge on any atom is -0.485 e. The average Bonchev–Trinajstić information content (AvgIpc) is 3.19. The number of fused-ring (bicyclic) bond motifs is 1. The molecule has 1 amide bonds. The number of ether oxygens (including phenoxy) is 3. The smallest absolute Gasteiger partial charge is 0.341 e. The summed E-state index contributed by atoms with van der Waals surface area (Å²) in [7, 11) is 0. The number of esters is 1. The van der Waals surface area contributed by atoms with Crippen molar-refractivity contribution in [3.63, 3.8) is 0 Å². The van der Waals surface area contributed by atoms with Crippen molar-refractivity contribution in [1.29, 1.82) is 0 Å². The molecule has 7 heteroatoms. The monoisotopic (exact) mass is 437 g/mol. The third-order valence-electron chi connectivity index (χ3n) is 5.13. The molecule has 0 bridgehead atoms. The summed E-state index contributed by atoms with van der Waals surface area (Å²) in [5, 5.41) is 5.13. The molecule has 0 radical (unpaired) electrons. The van der Waals surface area contributed by atoms with Crippen LogP contribution in [0.2, 0.25) is 0 Å². The van der Waals surface area contributed by atoms with Gasteiger partial charge in [-0.1, -0.05) is 30.3 Å². The van der Waals surface area contributed by atoms with Crippen LogP contribution in [0.1, 0.15) is 28.4 Å². The first-order valence-electron chi connectivity index (χ1n) is 10.0. The summed E-state index contributed by atoms with van der Waals surface area (Å²) in [6, 6.07) is 13.2. The van der Waals surface area contributed by atoms with Crippen LogP contribution in [0, 0.1) is 13.8 Å². The molecule has 0 saturated carbocycles. The lowest BCUT2D eigenvalue weighted by Crippen LogP contribution is -2.40. The van der Waals surface area contributed by atoms with E-state index in [1.165, 1.54) is 16.9 Å². The van der Waals surface area contributed by atoms with Gasteiger partial charge in [0.15, 0.2) is 11.5 Å². The van der Waals surface area contributed by atoms with E-state index >= 15 is 0 Å². The number of carbonyl (C=O) groups excluding carboxylic acids is 2. The van der Waals surface area contributed by atoms with Crippen LogP contribution in [0.25, 0.3) is 11.1 Å². The van der Waals surface area contributed by atoms with E-state index in [9.17, 15) is 9.59 Å². The van der Waals surface area contributed by atoms with Gasteiger partial charge >= 0.3 is 5.97 Å². The molecule has 1 aliphatic heterocycles. The molecule has 1 aromatic heterocycles. The van der Waals surface area contributed by atoms with Crippen molar-refractivity contribution in [1.82, 2.24) is 0 Å². The van der Waals surface area contributed by atoms with E-state index in [1.54, 1.807) is 19.1 Å². The number of rotatable bonds is 5. The summed E-state index contributed by atoms with van der Waals surface area (Å²) in [4.78, 5) is 25.7. The Balaban J connectivity index is 1.62. The molecule has 1 aliphatic rings. The third-order valence-corrected chi connectivity index (χ3v) is 6.02. The van der Waals surface area contributed by atoms with Crippen LogP contribution in [-0.2, 0) is 9.53 Å². The van der Waals surface area contributed by atoms with Crippen molar-refractivity contribution in [3.8, 4) is 22.6 Å². The van der Waals surface area contributed by atoms with Crippen LogP contribution in [-0.4, -0.2) is 31.2 Å². The van der Waals surface area contributed by atoms with E-state index in [0.29, 0.717) is 22.1 Å². The van der Waals surface area contributed by atoms with E-state index in [4.69, 9.17) is 14.2 Å². The highest BCUT2D eigenvalue weighted by Crippen LogP contribution is 2.37. The Labute approximate surface area is 184 Å². The number of anilines is 1. The lowest BCUT2D eigenvalue weighted by molar-refractivity contribution is -0.125. The highest BCUT2D eigenvalue weighted by molar-refractivity contribution is 7.15. The van der Waals surface area contributed by atoms with Crippen LogP contribution in [0.5, 0.6) is 11.5 Å². The summed E-state index contributed by atoms with van der Waals surface area (Å²) >= 11 is 1.28. The molecule has 4 rings (SSSR count). The zero-order valence-electron chi connectivity index (χ0n) is 17.6. The lowest BCUT2D eigenvalue weighted by Gasteiger charge is -2.25. The SMILES string of the molecule is CCOC(=O)c1c(-c2ccc(C)c(C)c2)csc1NC(=O)C1COc2ccccc2O1. The molecule has 0 spiro atoms. The first-order chi connectivity index (χ1) is 15.0. The first-order valence-corrected chi connectivity index (χ1v) is 10.9. The number of hydrogen-bond acceptors (Lipinski definition) is 6. The number of aryl methyl sites for hydroxylation is 2. The van der Waals surface area contributed by atoms with Gasteiger partial charge in [0.1, 0.15) is 17.2 Å². The van der Waals surface area contributed by atoms with Crippen molar-refractivity contribution in [3.05, 3.63) is 64.5 Å². The van der Waals surface area contributed by atoms with Crippen molar-refractivity contribution >= 4 is 28.2 Å². The molecule has 1 N–H and O–H groups in total. The van der Waals surface area contributed by atoms with Gasteiger partial charge in [-0.3, -0.25) is 4.79 Å². The van der Waals surface area contributed by atoms with Gasteiger partial charge < -0.3 is 19.5 Å². The van der Waals surface area contributed by atoms with Gasteiger partial charge in [-0.25, -0.2) is 4.79 Å². The fourth-order valence-corrected chi connectivity index (χ4v) is 4.28. The minimum absolute atomic E-state index is 0.0903. The van der Waals surface area contributed by atoms with E-state index in [0.717, 1.165) is 16.7 Å². The van der Waals surface area contributed by atoms with Gasteiger partial charge in [-0.2, -0.15) is 0 Å². The average molecular weight is 438 g/mol. The molecule has 160 valence electrons. The number of amides is 1. The number of hydrogen-bond donors (Lipinski definition) is 1. The van der Waals surface area contributed by atoms with E-state index in [-0.39, 0.29) is 19.1 Å². The van der Waals surface area contributed by atoms with Crippen molar-refractivity contribution < 1.29 is 23.8 Å². The van der Waals surface area contributed by atoms with Crippen LogP contribution in [0.4, 0.5) is 5.00 Å². The molecule has 3 aromatic rings. The second-order valence-corrected chi connectivity index (χ2v) is 8.11. The first kappa shape index (κ1) is 20.9. The van der Waals surface area contributed by atoms with Crippen LogP contribution in [0.3, 0.4) is 0 Å². The zero-order valence-corrected chi connectivity index (χ0v) is 18.4. The zero-order chi connectivity index (χ0) is 22.0. The molecular weight excluding hydrogens is 414 g/mol. The fourth-order valence-electron chi connectivity index (χ4n) is 3.32. The van der Waals surface area contributed by atoms with Crippen LogP contribution >= 0.6 is 11.3 Å². The van der Waals surface area contributed by atoms with E-state index < -0.39 is 12.1 Å². The summed E-state index contributed by atoms with van der Waals surface area (Å²) in [6.07, 6.45) is -0.822. The Bertz CT molecular complexity index is 1140. The molecule has 0 aliphatic carbocycles. The van der Waals surface area contributed by atoms with Gasteiger partial charge in [0.25, 0.3) is 5.91 Å². The predicted octanol–water partition coefficient (Wildman–Crippen LogP) is 4.99. The summed E-state index contributed by atoms with van der Waals surface area (Å²) in [5.41, 5.74) is 4.26. The van der Waals surface area contributed by atoms with Gasteiger partial charge in [-0.05, 0) is 49.6 Å². The largest absolute Gasteiger partial charge is 0.485 e. The highest BCUT2D eigenvalue weighted by atomic mass is 32.1. The summed E-state index contributed by atoms with van der Waals surface area (Å²) in [5.74, 6) is 0.264. The van der Waals surface area contributed by atoms with Crippen molar-refractivity contribution in [2.75, 3.05) is 18.5 Å². The van der Waals surface area contributed by atoms with Gasteiger partial charge in [-0.15, -0.1) is 11.3 Å². The van der Waals surface area contributed by atoms with Gasteiger partial charge in [0, 0.05) is 10.9 Å². The number of nitrogens with one attached hydrogen (secondary N) is 1. The quantitative estimate of drug-likeness (QED) is 0.570. The number of para-hydroxylation sites is 2. The maximum Gasteiger partial charge on any atom is 0.341 e. The molecule has 0 fully saturated rings. The number of benzene rings is 2. The lowest BCUT2D eigenvalue weighted by atomic mass is 9.99. The molecule has 2 aromatic carbocycles. The van der Waals surface area contributed by atoms with E-state index in [1.807, 2.05) is 49.6 Å². The molecular formula is C24H23NO5S. The van der Waals surface area contributed by atoms with Crippen molar-refractivity contribution in [2.24, 2.45) is 0 Å². The second kappa shape index (κ2) is 8.81. The Kier molecular flexibility index (Phi) is 5.95. The molecule has 0 saturated heterocycles. The Morgan fingerprint density at radius 2 is 1.90 bits per heavy atom. The molecule has 31 heavy (non-hydrogen) atoms. The third kappa shape index (κ3) is 4.27. The predicted molar refractivity (Wildman–Crippen MR) is 120 cm³/mol. The number of carbonyl (C=O) groups is 2. The van der Waals surface area contributed by atoms with Crippen LogP contribution in [0.15, 0.2) is 47.8 Å². The van der Waals surface area contributed by atoms with Crippen LogP contribution < -0.4 is 14.8 Å². The second-order valence-electron chi connectivity index (χ2n) is 7.23. The summed E-state index contributed by atoms with van der Waals surface area (Å²) < 4.78 is 16.7. The van der Waals surface area contributed by atoms with Crippen molar-refractivity contribution in [2.45, 2.75) is 26.9 Å². The minimum atomic E-state index is -0.822.